The fourth-order valence-corrected chi connectivity index (χ4v) is 2.69. The van der Waals surface area contributed by atoms with Crippen LogP contribution < -0.4 is 5.09 Å². The van der Waals surface area contributed by atoms with Gasteiger partial charge >= 0.3 is 5.97 Å². The molecule has 2 atom stereocenters. The van der Waals surface area contributed by atoms with Crippen molar-refractivity contribution >= 4 is 13.5 Å². The highest BCUT2D eigenvalue weighted by Gasteiger charge is 2.24. The van der Waals surface area contributed by atoms with Gasteiger partial charge in [-0.2, -0.15) is 0 Å². The molecule has 0 saturated carbocycles. The molecule has 0 bridgehead atoms. The molecule has 0 aromatic rings. The summed E-state index contributed by atoms with van der Waals surface area (Å²) in [5, 5.41) is 2.60. The van der Waals surface area contributed by atoms with Crippen LogP contribution in [0.15, 0.2) is 0 Å². The first-order chi connectivity index (χ1) is 6.28. The summed E-state index contributed by atoms with van der Waals surface area (Å²) >= 11 is 0. The molecule has 0 aliphatic heterocycles. The summed E-state index contributed by atoms with van der Waals surface area (Å²) in [5.74, 6) is -0.459. The number of hydrogen-bond donors (Lipinski definition) is 1. The third kappa shape index (κ3) is 5.37. The fraction of sp³-hybridized carbons (Fsp3) is 0.875. The Morgan fingerprint density at radius 3 is 2.21 bits per heavy atom. The molecule has 1 N–H and O–H groups in total. The average Bonchev–Trinajstić information content (AvgIpc) is 1.99. The Morgan fingerprint density at radius 2 is 1.86 bits per heavy atom. The van der Waals surface area contributed by atoms with Gasteiger partial charge < -0.3 is 9.26 Å². The van der Waals surface area contributed by atoms with Gasteiger partial charge in [-0.25, -0.2) is 5.09 Å². The van der Waals surface area contributed by atoms with Gasteiger partial charge in [-0.3, -0.25) is 9.36 Å². The third-order valence-electron chi connectivity index (χ3n) is 1.39. The first-order valence-electron chi connectivity index (χ1n) is 4.40. The molecule has 5 nitrogen and oxygen atoms in total. The molecular formula is C8H18NO4P. The second kappa shape index (κ2) is 5.49. The molecule has 0 heterocycles. The summed E-state index contributed by atoms with van der Waals surface area (Å²) < 4.78 is 21.3. The van der Waals surface area contributed by atoms with Crippen LogP contribution in [0.2, 0.25) is 0 Å². The highest BCUT2D eigenvalue weighted by atomic mass is 31.2. The van der Waals surface area contributed by atoms with E-state index in [0.29, 0.717) is 0 Å². The van der Waals surface area contributed by atoms with Crippen molar-refractivity contribution in [1.29, 1.82) is 0 Å². The number of rotatable bonds is 5. The average molecular weight is 223 g/mol. The Morgan fingerprint density at radius 1 is 1.36 bits per heavy atom. The van der Waals surface area contributed by atoms with Gasteiger partial charge in [-0.05, 0) is 20.8 Å². The van der Waals surface area contributed by atoms with E-state index in [1.807, 2.05) is 0 Å². The number of esters is 1. The first-order valence-corrected chi connectivity index (χ1v) is 6.47. The van der Waals surface area contributed by atoms with Crippen molar-refractivity contribution in [3.8, 4) is 0 Å². The summed E-state index contributed by atoms with van der Waals surface area (Å²) in [4.78, 5) is 11.0. The predicted molar refractivity (Wildman–Crippen MR) is 54.4 cm³/mol. The second-order valence-corrected chi connectivity index (χ2v) is 5.53. The number of nitrogens with one attached hydrogen (secondary N) is 1. The minimum absolute atomic E-state index is 0.150. The van der Waals surface area contributed by atoms with Crippen LogP contribution in [0, 0.1) is 0 Å². The standard InChI is InChI=1S/C8H18NO4P/c1-6(2)13-14(5,11)9-7(3)8(10)12-4/h6-7H,1-5H3,(H,9,11). The number of methoxy groups -OCH3 is 1. The number of carbonyl (C=O) groups excluding carboxylic acids is 1. The van der Waals surface area contributed by atoms with Crippen LogP contribution in [0.5, 0.6) is 0 Å². The molecular weight excluding hydrogens is 205 g/mol. The second-order valence-electron chi connectivity index (χ2n) is 3.37. The van der Waals surface area contributed by atoms with Crippen molar-refractivity contribution in [1.82, 2.24) is 5.09 Å². The molecule has 14 heavy (non-hydrogen) atoms. The maximum absolute atomic E-state index is 11.7. The molecule has 0 spiro atoms. The van der Waals surface area contributed by atoms with Crippen LogP contribution in [-0.2, 0) is 18.6 Å². The molecule has 6 heteroatoms. The molecule has 0 aromatic carbocycles. The van der Waals surface area contributed by atoms with Gasteiger partial charge in [0.2, 0.25) is 0 Å². The molecule has 0 saturated heterocycles. The van der Waals surface area contributed by atoms with Crippen molar-refractivity contribution in [2.45, 2.75) is 32.9 Å². The van der Waals surface area contributed by atoms with Crippen LogP contribution in [0.4, 0.5) is 0 Å². The Kier molecular flexibility index (Phi) is 5.34. The van der Waals surface area contributed by atoms with Gasteiger partial charge in [0, 0.05) is 6.66 Å². The van der Waals surface area contributed by atoms with E-state index in [-0.39, 0.29) is 6.10 Å². The van der Waals surface area contributed by atoms with Crippen molar-refractivity contribution in [2.24, 2.45) is 0 Å². The topological polar surface area (TPSA) is 64.6 Å². The fourth-order valence-electron chi connectivity index (χ4n) is 1.01. The van der Waals surface area contributed by atoms with E-state index in [4.69, 9.17) is 4.52 Å². The zero-order chi connectivity index (χ0) is 11.4. The maximum Gasteiger partial charge on any atom is 0.323 e. The number of ether oxygens (including phenoxy) is 1. The quantitative estimate of drug-likeness (QED) is 0.563. The van der Waals surface area contributed by atoms with E-state index in [9.17, 15) is 9.36 Å². The Bertz CT molecular complexity index is 241. The van der Waals surface area contributed by atoms with E-state index < -0.39 is 19.5 Å². The van der Waals surface area contributed by atoms with Gasteiger partial charge in [-0.15, -0.1) is 0 Å². The molecule has 0 radical (unpaired) electrons. The van der Waals surface area contributed by atoms with Crippen molar-refractivity contribution in [3.05, 3.63) is 0 Å². The Labute approximate surface area is 84.7 Å². The Balaban J connectivity index is 4.22. The van der Waals surface area contributed by atoms with E-state index >= 15 is 0 Å². The largest absolute Gasteiger partial charge is 0.468 e. The maximum atomic E-state index is 11.7. The molecule has 2 unspecified atom stereocenters. The molecule has 0 amide bonds. The monoisotopic (exact) mass is 223 g/mol. The van der Waals surface area contributed by atoms with Gasteiger partial charge in [0.15, 0.2) is 0 Å². The summed E-state index contributed by atoms with van der Waals surface area (Å²) in [6.45, 7) is 6.57. The normalized spacial score (nSPS) is 17.6. The van der Waals surface area contributed by atoms with Gasteiger partial charge in [0.05, 0.1) is 13.2 Å². The third-order valence-corrected chi connectivity index (χ3v) is 3.08. The van der Waals surface area contributed by atoms with Crippen molar-refractivity contribution < 1.29 is 18.6 Å². The predicted octanol–water partition coefficient (Wildman–Crippen LogP) is 1.39. The molecule has 0 aliphatic carbocycles. The SMILES string of the molecule is COC(=O)C(C)NP(C)(=O)OC(C)C. The van der Waals surface area contributed by atoms with Crippen LogP contribution in [0.3, 0.4) is 0 Å². The number of hydrogen-bond acceptors (Lipinski definition) is 4. The van der Waals surface area contributed by atoms with Crippen LogP contribution >= 0.6 is 7.52 Å². The smallest absolute Gasteiger partial charge is 0.323 e. The van der Waals surface area contributed by atoms with E-state index in [2.05, 4.69) is 9.82 Å². The van der Waals surface area contributed by atoms with Crippen LogP contribution in [0.25, 0.3) is 0 Å². The van der Waals surface area contributed by atoms with Gasteiger partial charge in [0.1, 0.15) is 6.04 Å². The lowest BCUT2D eigenvalue weighted by Crippen LogP contribution is -2.33. The number of carbonyl (C=O) groups is 1. The molecule has 0 aromatic heterocycles. The Hall–Kier alpha value is -0.380. The summed E-state index contributed by atoms with van der Waals surface area (Å²) in [7, 11) is -1.64. The van der Waals surface area contributed by atoms with Gasteiger partial charge in [-0.1, -0.05) is 0 Å². The van der Waals surface area contributed by atoms with E-state index in [0.717, 1.165) is 0 Å². The van der Waals surface area contributed by atoms with Crippen molar-refractivity contribution in [3.63, 3.8) is 0 Å². The molecule has 0 rings (SSSR count). The van der Waals surface area contributed by atoms with Crippen LogP contribution in [0.1, 0.15) is 20.8 Å². The van der Waals surface area contributed by atoms with Gasteiger partial charge in [0.25, 0.3) is 7.52 Å². The summed E-state index contributed by atoms with van der Waals surface area (Å²) in [6, 6.07) is -0.630. The van der Waals surface area contributed by atoms with Crippen LogP contribution in [-0.4, -0.2) is 31.9 Å². The lowest BCUT2D eigenvalue weighted by atomic mass is 10.4. The minimum atomic E-state index is -2.92. The highest BCUT2D eigenvalue weighted by molar-refractivity contribution is 7.56. The molecule has 84 valence electrons. The lowest BCUT2D eigenvalue weighted by Gasteiger charge is -2.20. The van der Waals surface area contributed by atoms with Crippen molar-refractivity contribution in [2.75, 3.05) is 13.8 Å². The van der Waals surface area contributed by atoms with E-state index in [1.165, 1.54) is 13.8 Å². The first kappa shape index (κ1) is 13.6. The molecule has 0 aliphatic rings. The zero-order valence-corrected chi connectivity index (χ0v) is 10.1. The zero-order valence-electron chi connectivity index (χ0n) is 9.23. The highest BCUT2D eigenvalue weighted by Crippen LogP contribution is 2.39. The summed E-state index contributed by atoms with van der Waals surface area (Å²) in [6.07, 6.45) is -0.150. The lowest BCUT2D eigenvalue weighted by molar-refractivity contribution is -0.142. The molecule has 0 fully saturated rings. The van der Waals surface area contributed by atoms with E-state index in [1.54, 1.807) is 20.8 Å². The summed E-state index contributed by atoms with van der Waals surface area (Å²) in [5.41, 5.74) is 0. The minimum Gasteiger partial charge on any atom is -0.468 e.